The van der Waals surface area contributed by atoms with Crippen molar-refractivity contribution in [1.82, 2.24) is 5.01 Å². The molecule has 178 valence electrons. The highest BCUT2D eigenvalue weighted by Crippen LogP contribution is 2.35. The number of ether oxygens (including phenoxy) is 1. The molecule has 0 N–H and O–H groups in total. The molecular weight excluding hydrogens is 433 g/mol. The van der Waals surface area contributed by atoms with Gasteiger partial charge in [0.15, 0.2) is 5.84 Å². The molecule has 33 heavy (non-hydrogen) atoms. The van der Waals surface area contributed by atoms with Crippen molar-refractivity contribution in [2.24, 2.45) is 10.1 Å². The molecule has 6 heteroatoms. The molecule has 4 nitrogen and oxygen atoms in total. The van der Waals surface area contributed by atoms with Crippen molar-refractivity contribution in [3.63, 3.8) is 0 Å². The van der Waals surface area contributed by atoms with Gasteiger partial charge in [0.05, 0.1) is 16.5 Å². The normalized spacial score (nSPS) is 18.2. The first-order valence-corrected chi connectivity index (χ1v) is 12.7. The molecule has 1 aliphatic carbocycles. The molecule has 0 amide bonds. The van der Waals surface area contributed by atoms with E-state index < -0.39 is 0 Å². The minimum atomic E-state index is -0.293. The lowest BCUT2D eigenvalue weighted by molar-refractivity contribution is 0.337. The lowest BCUT2D eigenvalue weighted by atomic mass is 10.1. The van der Waals surface area contributed by atoms with E-state index in [1.165, 1.54) is 30.9 Å². The zero-order valence-corrected chi connectivity index (χ0v) is 21.3. The molecule has 0 unspecified atom stereocenters. The number of hydrogen-bond donors (Lipinski definition) is 0. The quantitative estimate of drug-likeness (QED) is 0.439. The van der Waals surface area contributed by atoms with Crippen LogP contribution < -0.4 is 4.74 Å². The van der Waals surface area contributed by atoms with Crippen LogP contribution in [-0.4, -0.2) is 22.6 Å². The number of benzene rings is 1. The summed E-state index contributed by atoms with van der Waals surface area (Å²) in [4.78, 5) is 5.23. The Morgan fingerprint density at radius 2 is 1.85 bits per heavy atom. The molecule has 2 heterocycles. The molecule has 0 saturated heterocycles. The largest absolute Gasteiger partial charge is 0.456 e. The van der Waals surface area contributed by atoms with E-state index in [9.17, 15) is 4.39 Å². The molecule has 1 aromatic carbocycles. The number of halogens is 1. The van der Waals surface area contributed by atoms with Gasteiger partial charge in [-0.05, 0) is 31.9 Å². The van der Waals surface area contributed by atoms with Gasteiger partial charge >= 0.3 is 0 Å². The van der Waals surface area contributed by atoms with Crippen LogP contribution in [0.2, 0.25) is 0 Å². The second-order valence-corrected chi connectivity index (χ2v) is 8.46. The summed E-state index contributed by atoms with van der Waals surface area (Å²) in [5.41, 5.74) is 1.06. The molecule has 0 radical (unpaired) electrons. The van der Waals surface area contributed by atoms with Crippen molar-refractivity contribution in [1.29, 1.82) is 0 Å². The van der Waals surface area contributed by atoms with Gasteiger partial charge in [0.25, 0.3) is 0 Å². The Morgan fingerprint density at radius 1 is 1.21 bits per heavy atom. The number of rotatable bonds is 5. The van der Waals surface area contributed by atoms with E-state index in [0.717, 1.165) is 36.3 Å². The summed E-state index contributed by atoms with van der Waals surface area (Å²) in [7, 11) is 0. The van der Waals surface area contributed by atoms with E-state index in [4.69, 9.17) is 9.84 Å². The highest BCUT2D eigenvalue weighted by atomic mass is 32.1. The number of hydrogen-bond acceptors (Lipinski definition) is 4. The van der Waals surface area contributed by atoms with E-state index in [1.54, 1.807) is 0 Å². The Balaban J connectivity index is 0.000000714. The van der Waals surface area contributed by atoms with Crippen LogP contribution in [0.4, 0.5) is 4.39 Å². The molecule has 0 bridgehead atoms. The van der Waals surface area contributed by atoms with Crippen LogP contribution in [-0.2, 0) is 0 Å². The first-order valence-electron chi connectivity index (χ1n) is 11.8. The van der Waals surface area contributed by atoms with Crippen molar-refractivity contribution in [3.8, 4) is 11.5 Å². The molecule has 2 aromatic rings. The van der Waals surface area contributed by atoms with Crippen molar-refractivity contribution in [2.75, 3.05) is 0 Å². The molecule has 0 atom stereocenters. The Labute approximate surface area is 202 Å². The van der Waals surface area contributed by atoms with Gasteiger partial charge in [-0.1, -0.05) is 71.7 Å². The lowest BCUT2D eigenvalue weighted by Gasteiger charge is -2.22. The number of nitrogens with zero attached hydrogens (tertiary/aromatic N) is 3. The second-order valence-electron chi connectivity index (χ2n) is 7.54. The topological polar surface area (TPSA) is 37.2 Å². The molecule has 2 aliphatic rings. The van der Waals surface area contributed by atoms with Gasteiger partial charge in [0, 0.05) is 17.6 Å². The van der Waals surface area contributed by atoms with Gasteiger partial charge in [-0.15, -0.1) is 11.3 Å². The summed E-state index contributed by atoms with van der Waals surface area (Å²) in [6.45, 7) is 13.4. The minimum Gasteiger partial charge on any atom is -0.456 e. The van der Waals surface area contributed by atoms with E-state index in [1.807, 2.05) is 60.6 Å². The fraction of sp³-hybridized carbons (Fsp3) is 0.407. The number of allylic oxidation sites excluding steroid dienone is 1. The maximum atomic E-state index is 14.6. The highest BCUT2D eigenvalue weighted by Gasteiger charge is 2.36. The van der Waals surface area contributed by atoms with Crippen LogP contribution in [0.1, 0.15) is 71.6 Å². The van der Waals surface area contributed by atoms with Gasteiger partial charge in [0.2, 0.25) is 0 Å². The number of thiophene rings is 1. The zero-order chi connectivity index (χ0) is 24.2. The van der Waals surface area contributed by atoms with E-state index in [0.29, 0.717) is 22.9 Å². The summed E-state index contributed by atoms with van der Waals surface area (Å²) in [6, 6.07) is 11.8. The predicted octanol–water partition coefficient (Wildman–Crippen LogP) is 8.73. The number of aliphatic imine (C=N–C) groups is 1. The smallest absolute Gasteiger partial charge is 0.161 e. The van der Waals surface area contributed by atoms with E-state index >= 15 is 0 Å². The molecule has 1 aromatic heterocycles. The van der Waals surface area contributed by atoms with Gasteiger partial charge in [0.1, 0.15) is 23.0 Å². The van der Waals surface area contributed by atoms with Crippen molar-refractivity contribution in [2.45, 2.75) is 72.8 Å². The summed E-state index contributed by atoms with van der Waals surface area (Å²) < 4.78 is 20.5. The summed E-state index contributed by atoms with van der Waals surface area (Å²) in [5.74, 6) is 1.74. The second kappa shape index (κ2) is 13.7. The molecule has 1 saturated carbocycles. The van der Waals surface area contributed by atoms with E-state index in [-0.39, 0.29) is 11.9 Å². The predicted molar refractivity (Wildman–Crippen MR) is 140 cm³/mol. The summed E-state index contributed by atoms with van der Waals surface area (Å²) in [6.07, 6.45) is 7.11. The monoisotopic (exact) mass is 469 g/mol. The maximum absolute atomic E-state index is 14.6. The number of hydrazone groups is 1. The van der Waals surface area contributed by atoms with Gasteiger partial charge in [-0.25, -0.2) is 14.4 Å². The van der Waals surface area contributed by atoms with Crippen molar-refractivity contribution in [3.05, 3.63) is 70.8 Å². The van der Waals surface area contributed by atoms with Crippen LogP contribution in [0.5, 0.6) is 11.5 Å². The lowest BCUT2D eigenvalue weighted by Crippen LogP contribution is -2.31. The van der Waals surface area contributed by atoms with Crippen molar-refractivity contribution >= 4 is 22.9 Å². The van der Waals surface area contributed by atoms with Crippen LogP contribution in [0.3, 0.4) is 0 Å². The Bertz CT molecular complexity index is 968. The SMILES string of the molecule is C=CN=C1/C(=C(\C)F)C(c2cc(Oc3ccccc3)cs2)=NN1C1CCCC1.CC.CCC. The standard InChI is InChI=1S/C22H22FN3OS.C3H8.C2H6/c1-3-24-22-20(15(2)23)21(25-26(22)16-9-7-8-10-16)19-13-18(14-28-19)27-17-11-5-4-6-12-17;1-3-2;1-2/h3-6,11-14,16H,1,7-10H2,2H3;3H2,1-2H3;1-2H3/b20-15+,24-22?;;. The summed E-state index contributed by atoms with van der Waals surface area (Å²) in [5, 5.41) is 8.60. The Kier molecular flexibility index (Phi) is 11.0. The average molecular weight is 470 g/mol. The molecular formula is C27H36FN3OS. The maximum Gasteiger partial charge on any atom is 0.161 e. The fourth-order valence-corrected chi connectivity index (χ4v) is 4.45. The Morgan fingerprint density at radius 3 is 2.42 bits per heavy atom. The van der Waals surface area contributed by atoms with Gasteiger partial charge < -0.3 is 4.74 Å². The number of amidine groups is 1. The highest BCUT2D eigenvalue weighted by molar-refractivity contribution is 7.12. The molecule has 4 rings (SSSR count). The third-order valence-corrected chi connectivity index (χ3v) is 5.82. The first kappa shape index (κ1) is 26.5. The van der Waals surface area contributed by atoms with Crippen molar-refractivity contribution < 1.29 is 9.13 Å². The van der Waals surface area contributed by atoms with E-state index in [2.05, 4.69) is 25.4 Å². The van der Waals surface area contributed by atoms with Crippen LogP contribution in [0.15, 0.2) is 76.1 Å². The van der Waals surface area contributed by atoms with Crippen LogP contribution >= 0.6 is 11.3 Å². The first-order chi connectivity index (χ1) is 16.1. The molecule has 0 spiro atoms. The number of para-hydroxylation sites is 1. The van der Waals surface area contributed by atoms with Crippen LogP contribution in [0.25, 0.3) is 0 Å². The average Bonchev–Trinajstić information content (AvgIpc) is 3.56. The molecule has 1 aliphatic heterocycles. The Hall–Kier alpha value is -2.73. The van der Waals surface area contributed by atoms with Gasteiger partial charge in [-0.3, -0.25) is 0 Å². The van der Waals surface area contributed by atoms with Crippen LogP contribution in [0, 0.1) is 0 Å². The fourth-order valence-electron chi connectivity index (χ4n) is 3.65. The van der Waals surface area contributed by atoms with Gasteiger partial charge in [-0.2, -0.15) is 5.10 Å². The third kappa shape index (κ3) is 6.87. The third-order valence-electron chi connectivity index (χ3n) is 4.90. The minimum absolute atomic E-state index is 0.255. The molecule has 1 fully saturated rings. The zero-order valence-electron chi connectivity index (χ0n) is 20.5. The summed E-state index contributed by atoms with van der Waals surface area (Å²) >= 11 is 1.49.